The fourth-order valence-electron chi connectivity index (χ4n) is 3.00. The fourth-order valence-corrected chi connectivity index (χ4v) is 3.66. The van der Waals surface area contributed by atoms with Gasteiger partial charge in [0.25, 0.3) is 0 Å². The van der Waals surface area contributed by atoms with Crippen molar-refractivity contribution in [3.05, 3.63) is 33.6 Å². The van der Waals surface area contributed by atoms with Crippen LogP contribution in [0.15, 0.2) is 16.6 Å². The molecule has 1 N–H and O–H groups in total. The van der Waals surface area contributed by atoms with Gasteiger partial charge in [-0.1, -0.05) is 0 Å². The van der Waals surface area contributed by atoms with Crippen molar-refractivity contribution in [1.29, 1.82) is 0 Å². The van der Waals surface area contributed by atoms with E-state index < -0.39 is 17.9 Å². The van der Waals surface area contributed by atoms with Crippen molar-refractivity contribution >= 4 is 55.6 Å². The fraction of sp³-hybridized carbons (Fsp3) is 0.263. The maximum Gasteiger partial charge on any atom is 0.356 e. The smallest absolute Gasteiger partial charge is 0.356 e. The molecule has 0 saturated carbocycles. The van der Waals surface area contributed by atoms with Gasteiger partial charge in [-0.2, -0.15) is 0 Å². The number of nitrogens with one attached hydrogen (secondary N) is 1. The highest BCUT2D eigenvalue weighted by Gasteiger charge is 2.26. The molecule has 10 heteroatoms. The van der Waals surface area contributed by atoms with E-state index in [1.165, 1.54) is 27.4 Å². The average molecular weight is 465 g/mol. The van der Waals surface area contributed by atoms with Gasteiger partial charge in [-0.25, -0.2) is 19.4 Å². The summed E-state index contributed by atoms with van der Waals surface area (Å²) in [6.07, 6.45) is 0. The van der Waals surface area contributed by atoms with Crippen molar-refractivity contribution < 1.29 is 33.3 Å². The van der Waals surface area contributed by atoms with Crippen molar-refractivity contribution in [3.63, 3.8) is 0 Å². The molecule has 0 bridgehead atoms. The Morgan fingerprint density at radius 3 is 2.34 bits per heavy atom. The number of carbonyl (C=O) groups excluding carboxylic acids is 3. The highest BCUT2D eigenvalue weighted by Crippen LogP contribution is 2.42. The Balaban J connectivity index is 2.50. The van der Waals surface area contributed by atoms with Crippen LogP contribution in [-0.2, 0) is 14.2 Å². The van der Waals surface area contributed by atoms with Crippen LogP contribution >= 0.6 is 15.9 Å². The number of fused-ring (bicyclic) bond motifs is 3. The summed E-state index contributed by atoms with van der Waals surface area (Å²) < 4.78 is 20.6. The van der Waals surface area contributed by atoms with E-state index in [9.17, 15) is 14.4 Å². The average Bonchev–Trinajstić information content (AvgIpc) is 3.18. The summed E-state index contributed by atoms with van der Waals surface area (Å²) >= 11 is 3.45. The summed E-state index contributed by atoms with van der Waals surface area (Å²) in [5, 5.41) is 0.894. The molecule has 3 aromatic rings. The van der Waals surface area contributed by atoms with E-state index in [0.29, 0.717) is 20.8 Å². The zero-order valence-corrected chi connectivity index (χ0v) is 17.6. The van der Waals surface area contributed by atoms with E-state index >= 15 is 0 Å². The molecular formula is C19H17BrN2O7. The van der Waals surface area contributed by atoms with Crippen molar-refractivity contribution in [2.45, 2.75) is 6.92 Å². The molecule has 1 aromatic carbocycles. The van der Waals surface area contributed by atoms with Gasteiger partial charge in [0.2, 0.25) is 0 Å². The molecule has 9 nitrogen and oxygen atoms in total. The van der Waals surface area contributed by atoms with E-state index in [0.717, 1.165) is 0 Å². The van der Waals surface area contributed by atoms with Crippen molar-refractivity contribution in [3.8, 4) is 5.75 Å². The molecule has 152 valence electrons. The molecule has 0 aliphatic rings. The van der Waals surface area contributed by atoms with Crippen LogP contribution in [0.25, 0.3) is 21.8 Å². The summed E-state index contributed by atoms with van der Waals surface area (Å²) in [5.74, 6) is -1.70. The molecule has 29 heavy (non-hydrogen) atoms. The first-order valence-electron chi connectivity index (χ1n) is 8.44. The third-order valence-corrected chi connectivity index (χ3v) is 5.02. The Hall–Kier alpha value is -3.14. The van der Waals surface area contributed by atoms with Crippen LogP contribution < -0.4 is 4.74 Å². The molecule has 0 fully saturated rings. The van der Waals surface area contributed by atoms with Crippen molar-refractivity contribution in [1.82, 2.24) is 9.97 Å². The monoisotopic (exact) mass is 464 g/mol. The molecule has 0 aliphatic heterocycles. The first-order valence-corrected chi connectivity index (χ1v) is 9.23. The Bertz CT molecular complexity index is 1150. The number of methoxy groups -OCH3 is 3. The number of rotatable bonds is 5. The lowest BCUT2D eigenvalue weighted by Crippen LogP contribution is -2.10. The summed E-state index contributed by atoms with van der Waals surface area (Å²) in [6.45, 7) is 1.90. The standard InChI is InChI=1S/C19H17BrN2O7/c1-5-29-19(25)11-7-9-13(20)16(26-2)15-12(14(9)21-11)8(17(23)27-3)6-10(22-15)18(24)28-4/h6-7,21H,5H2,1-4H3. The predicted molar refractivity (Wildman–Crippen MR) is 106 cm³/mol. The first-order chi connectivity index (χ1) is 13.9. The van der Waals surface area contributed by atoms with Crippen LogP contribution in [-0.4, -0.2) is 55.8 Å². The number of halogens is 1. The maximum atomic E-state index is 12.5. The van der Waals surface area contributed by atoms with E-state index in [2.05, 4.69) is 25.9 Å². The maximum absolute atomic E-state index is 12.5. The summed E-state index contributed by atoms with van der Waals surface area (Å²) in [6, 6.07) is 2.85. The van der Waals surface area contributed by atoms with Crippen LogP contribution in [0.1, 0.15) is 38.3 Å². The lowest BCUT2D eigenvalue weighted by molar-refractivity contribution is 0.0518. The van der Waals surface area contributed by atoms with Gasteiger partial charge in [-0.05, 0) is 35.0 Å². The minimum absolute atomic E-state index is 0.0611. The summed E-state index contributed by atoms with van der Waals surface area (Å²) in [7, 11) is 3.85. The lowest BCUT2D eigenvalue weighted by atomic mass is 10.0. The van der Waals surface area contributed by atoms with Gasteiger partial charge in [-0.15, -0.1) is 0 Å². The van der Waals surface area contributed by atoms with E-state index in [4.69, 9.17) is 18.9 Å². The van der Waals surface area contributed by atoms with Gasteiger partial charge >= 0.3 is 17.9 Å². The topological polar surface area (TPSA) is 117 Å². The van der Waals surface area contributed by atoms with Crippen LogP contribution in [0, 0.1) is 0 Å². The second kappa shape index (κ2) is 8.08. The lowest BCUT2D eigenvalue weighted by Gasteiger charge is -2.13. The normalized spacial score (nSPS) is 10.8. The van der Waals surface area contributed by atoms with Crippen LogP contribution in [0.2, 0.25) is 0 Å². The number of hydrogen-bond acceptors (Lipinski definition) is 8. The van der Waals surface area contributed by atoms with Gasteiger partial charge in [0.1, 0.15) is 16.9 Å². The predicted octanol–water partition coefficient (Wildman–Crippen LogP) is 3.24. The largest absolute Gasteiger partial charge is 0.493 e. The van der Waals surface area contributed by atoms with Crippen LogP contribution in [0.5, 0.6) is 5.75 Å². The highest BCUT2D eigenvalue weighted by molar-refractivity contribution is 9.10. The zero-order valence-electron chi connectivity index (χ0n) is 16.0. The third kappa shape index (κ3) is 3.39. The summed E-state index contributed by atoms with van der Waals surface area (Å²) in [4.78, 5) is 44.1. The summed E-state index contributed by atoms with van der Waals surface area (Å²) in [5.41, 5.74) is 0.797. The first kappa shape index (κ1) is 20.6. The van der Waals surface area contributed by atoms with Crippen LogP contribution in [0.3, 0.4) is 0 Å². The quantitative estimate of drug-likeness (QED) is 0.451. The Morgan fingerprint density at radius 2 is 1.76 bits per heavy atom. The number of nitrogens with zero attached hydrogens (tertiary/aromatic N) is 1. The molecule has 2 aromatic heterocycles. The SMILES string of the molecule is CCOC(=O)c1cc2c(Br)c(OC)c3nc(C(=O)OC)cc(C(=O)OC)c3c2[nH]1. The minimum Gasteiger partial charge on any atom is -0.493 e. The number of carbonyl (C=O) groups is 3. The Labute approximate surface area is 173 Å². The number of ether oxygens (including phenoxy) is 4. The number of pyridine rings is 1. The van der Waals surface area contributed by atoms with Gasteiger partial charge in [0, 0.05) is 10.8 Å². The van der Waals surface area contributed by atoms with Gasteiger partial charge < -0.3 is 23.9 Å². The molecule has 2 heterocycles. The van der Waals surface area contributed by atoms with E-state index in [-0.39, 0.29) is 34.8 Å². The molecule has 0 aliphatic carbocycles. The number of esters is 3. The number of H-pyrrole nitrogens is 1. The van der Waals surface area contributed by atoms with Crippen molar-refractivity contribution in [2.75, 3.05) is 27.9 Å². The molecule has 0 atom stereocenters. The second-order valence-corrected chi connectivity index (χ2v) is 6.59. The Morgan fingerprint density at radius 1 is 1.07 bits per heavy atom. The second-order valence-electron chi connectivity index (χ2n) is 5.80. The number of hydrogen-bond donors (Lipinski definition) is 1. The minimum atomic E-state index is -0.728. The number of aromatic amines is 1. The number of aromatic nitrogens is 2. The molecule has 0 spiro atoms. The van der Waals surface area contributed by atoms with Gasteiger partial charge in [-0.3, -0.25) is 0 Å². The molecular weight excluding hydrogens is 448 g/mol. The molecule has 0 amide bonds. The number of benzene rings is 1. The third-order valence-electron chi connectivity index (χ3n) is 4.24. The van der Waals surface area contributed by atoms with Crippen LogP contribution in [0.4, 0.5) is 0 Å². The van der Waals surface area contributed by atoms with Gasteiger partial charge in [0.15, 0.2) is 5.75 Å². The molecule has 0 unspecified atom stereocenters. The molecule has 0 radical (unpaired) electrons. The van der Waals surface area contributed by atoms with E-state index in [1.807, 2.05) is 0 Å². The molecule has 3 rings (SSSR count). The zero-order chi connectivity index (χ0) is 21.3. The molecule has 0 saturated heterocycles. The highest BCUT2D eigenvalue weighted by atomic mass is 79.9. The Kier molecular flexibility index (Phi) is 5.73. The van der Waals surface area contributed by atoms with E-state index in [1.54, 1.807) is 13.0 Å². The van der Waals surface area contributed by atoms with Gasteiger partial charge in [0.05, 0.1) is 43.5 Å². The van der Waals surface area contributed by atoms with Crippen molar-refractivity contribution in [2.24, 2.45) is 0 Å².